The van der Waals surface area contributed by atoms with Gasteiger partial charge in [0.05, 0.1) is 12.2 Å². The molecule has 1 N–H and O–H groups in total. The zero-order chi connectivity index (χ0) is 19.7. The summed E-state index contributed by atoms with van der Waals surface area (Å²) in [6, 6.07) is 11.2. The molecule has 0 radical (unpaired) electrons. The van der Waals surface area contributed by atoms with Crippen LogP contribution in [0.2, 0.25) is 0 Å². The van der Waals surface area contributed by atoms with Gasteiger partial charge in [0, 0.05) is 17.6 Å². The van der Waals surface area contributed by atoms with Crippen LogP contribution in [0, 0.1) is 5.82 Å². The van der Waals surface area contributed by atoms with Crippen molar-refractivity contribution >= 4 is 44.2 Å². The van der Waals surface area contributed by atoms with Gasteiger partial charge in [0.1, 0.15) is 10.7 Å². The summed E-state index contributed by atoms with van der Waals surface area (Å²) in [5.41, 5.74) is 0.829. The molecule has 28 heavy (non-hydrogen) atoms. The number of anilines is 1. The van der Waals surface area contributed by atoms with Crippen molar-refractivity contribution in [2.45, 2.75) is 13.1 Å². The van der Waals surface area contributed by atoms with E-state index in [1.807, 2.05) is 17.5 Å². The van der Waals surface area contributed by atoms with E-state index < -0.39 is 21.6 Å². The molecule has 0 fully saturated rings. The molecule has 0 saturated carbocycles. The zero-order valence-corrected chi connectivity index (χ0v) is 16.9. The average Bonchev–Trinajstić information content (AvgIpc) is 3.33. The van der Waals surface area contributed by atoms with Crippen LogP contribution in [0.3, 0.4) is 0 Å². The number of allylic oxidation sites excluding steroid dienone is 1. The Labute approximate surface area is 169 Å². The van der Waals surface area contributed by atoms with Gasteiger partial charge in [0.15, 0.2) is 4.91 Å². The van der Waals surface area contributed by atoms with E-state index in [1.165, 1.54) is 47.1 Å². The molecule has 1 aromatic carbocycles. The van der Waals surface area contributed by atoms with Crippen LogP contribution < -0.4 is 9.62 Å². The van der Waals surface area contributed by atoms with Crippen LogP contribution in [0.15, 0.2) is 64.3 Å². The number of Topliss-reactive ketones (excluding diaryl/α,β-unsaturated/α-hetero) is 1. The fourth-order valence-electron chi connectivity index (χ4n) is 2.91. The molecular weight excluding hydrogens is 419 g/mol. The lowest BCUT2D eigenvalue weighted by Gasteiger charge is -2.29. The fourth-order valence-corrected chi connectivity index (χ4v) is 6.08. The highest BCUT2D eigenvalue weighted by molar-refractivity contribution is 7.97. The first-order valence-corrected chi connectivity index (χ1v) is 11.5. The topological polar surface area (TPSA) is 66.5 Å². The predicted molar refractivity (Wildman–Crippen MR) is 109 cm³/mol. The second-order valence-electron chi connectivity index (χ2n) is 6.07. The lowest BCUT2D eigenvalue weighted by atomic mass is 10.2. The first kappa shape index (κ1) is 18.9. The van der Waals surface area contributed by atoms with Gasteiger partial charge in [-0.3, -0.25) is 9.10 Å². The van der Waals surface area contributed by atoms with E-state index in [2.05, 4.69) is 5.32 Å². The highest BCUT2D eigenvalue weighted by Crippen LogP contribution is 2.39. The molecule has 0 saturated heterocycles. The summed E-state index contributed by atoms with van der Waals surface area (Å²) in [6.45, 7) is 0.366. The van der Waals surface area contributed by atoms with Crippen molar-refractivity contribution in [3.8, 4) is 0 Å². The van der Waals surface area contributed by atoms with Gasteiger partial charge in [-0.05, 0) is 40.6 Å². The summed E-state index contributed by atoms with van der Waals surface area (Å²) in [5, 5.41) is 6.53. The van der Waals surface area contributed by atoms with Gasteiger partial charge in [-0.2, -0.15) is 0 Å². The maximum absolute atomic E-state index is 13.5. The number of sulfonamides is 1. The molecule has 5 nitrogen and oxygen atoms in total. The third-order valence-corrected chi connectivity index (χ3v) is 7.76. The van der Waals surface area contributed by atoms with E-state index in [1.54, 1.807) is 17.5 Å². The number of nitrogens with zero attached hydrogens (tertiary/aromatic N) is 1. The number of nitrogens with one attached hydrogen (secondary N) is 1. The number of thiophene rings is 2. The summed E-state index contributed by atoms with van der Waals surface area (Å²) >= 11 is 2.72. The van der Waals surface area contributed by atoms with Gasteiger partial charge in [-0.1, -0.05) is 18.2 Å². The first-order valence-electron chi connectivity index (χ1n) is 8.32. The summed E-state index contributed by atoms with van der Waals surface area (Å²) in [5.74, 6) is -0.971. The maximum atomic E-state index is 13.5. The Morgan fingerprint density at radius 1 is 1.11 bits per heavy atom. The Hall–Kier alpha value is -2.49. The maximum Gasteiger partial charge on any atom is 0.270 e. The van der Waals surface area contributed by atoms with Crippen molar-refractivity contribution in [1.82, 2.24) is 5.32 Å². The van der Waals surface area contributed by atoms with Gasteiger partial charge in [0.25, 0.3) is 10.0 Å². The minimum absolute atomic E-state index is 0.0562. The van der Waals surface area contributed by atoms with Gasteiger partial charge in [-0.25, -0.2) is 12.8 Å². The fraction of sp³-hybridized carbons (Fsp3) is 0.105. The van der Waals surface area contributed by atoms with E-state index in [0.29, 0.717) is 22.7 Å². The Balaban J connectivity index is 1.69. The molecule has 2 aromatic heterocycles. The van der Waals surface area contributed by atoms with Crippen molar-refractivity contribution in [2.75, 3.05) is 4.31 Å². The summed E-state index contributed by atoms with van der Waals surface area (Å²) < 4.78 is 41.1. The zero-order valence-electron chi connectivity index (χ0n) is 14.5. The number of carbonyl (C=O) groups excluding carboxylic acids is 1. The number of benzene rings is 1. The molecule has 144 valence electrons. The number of fused-ring (bicyclic) bond motifs is 1. The number of rotatable bonds is 5. The van der Waals surface area contributed by atoms with Crippen molar-refractivity contribution in [3.05, 3.63) is 85.5 Å². The first-order chi connectivity index (χ1) is 13.5. The number of ketones is 1. The molecule has 4 rings (SSSR count). The summed E-state index contributed by atoms with van der Waals surface area (Å²) in [7, 11) is -4.08. The molecule has 3 heterocycles. The third-order valence-electron chi connectivity index (χ3n) is 4.22. The Morgan fingerprint density at radius 2 is 1.96 bits per heavy atom. The molecule has 1 aliphatic rings. The Bertz CT molecular complexity index is 1150. The minimum atomic E-state index is -4.08. The van der Waals surface area contributed by atoms with Crippen LogP contribution in [-0.2, 0) is 23.1 Å². The van der Waals surface area contributed by atoms with E-state index in [0.717, 1.165) is 9.18 Å². The lowest BCUT2D eigenvalue weighted by Crippen LogP contribution is -2.38. The number of hydrogen-bond donors (Lipinski definition) is 1. The van der Waals surface area contributed by atoms with E-state index >= 15 is 0 Å². The van der Waals surface area contributed by atoms with Gasteiger partial charge >= 0.3 is 0 Å². The minimum Gasteiger partial charge on any atom is -0.385 e. The van der Waals surface area contributed by atoms with Crippen LogP contribution in [0.4, 0.5) is 10.1 Å². The lowest BCUT2D eigenvalue weighted by molar-refractivity contribution is 0.104. The van der Waals surface area contributed by atoms with Gasteiger partial charge < -0.3 is 5.32 Å². The molecule has 0 aliphatic carbocycles. The second kappa shape index (κ2) is 7.50. The van der Waals surface area contributed by atoms with E-state index in [-0.39, 0.29) is 11.4 Å². The molecule has 0 bridgehead atoms. The summed E-state index contributed by atoms with van der Waals surface area (Å²) in [4.78, 5) is 13.8. The van der Waals surface area contributed by atoms with Gasteiger partial charge in [-0.15, -0.1) is 22.7 Å². The number of halogens is 1. The van der Waals surface area contributed by atoms with Crippen LogP contribution in [0.25, 0.3) is 0 Å². The van der Waals surface area contributed by atoms with Crippen LogP contribution in [-0.4, -0.2) is 14.2 Å². The third kappa shape index (κ3) is 3.48. The van der Waals surface area contributed by atoms with E-state index in [4.69, 9.17) is 0 Å². The molecule has 0 atom stereocenters. The monoisotopic (exact) mass is 434 g/mol. The predicted octanol–water partition coefficient (Wildman–Crippen LogP) is 4.11. The van der Waals surface area contributed by atoms with Crippen LogP contribution in [0.5, 0.6) is 0 Å². The Morgan fingerprint density at radius 3 is 2.71 bits per heavy atom. The van der Waals surface area contributed by atoms with Gasteiger partial charge in [0.2, 0.25) is 5.78 Å². The SMILES string of the molecule is O=C1C(=CNCc2cccs2)S(=O)(=O)N(Cc2cccc(F)c2)c2ccsc21. The van der Waals surface area contributed by atoms with Crippen LogP contribution >= 0.6 is 22.7 Å². The standard InChI is InChI=1S/C19H15FN2O3S3/c20-14-4-1-3-13(9-14)12-22-16-6-8-27-19(16)18(23)17(28(22,24)25)11-21-10-15-5-2-7-26-15/h1-9,11,21H,10,12H2. The number of hydrogen-bond acceptors (Lipinski definition) is 6. The molecular formula is C19H15FN2O3S3. The molecule has 1 aliphatic heterocycles. The second-order valence-corrected chi connectivity index (χ2v) is 9.85. The average molecular weight is 435 g/mol. The summed E-state index contributed by atoms with van der Waals surface area (Å²) in [6.07, 6.45) is 1.26. The Kier molecular flexibility index (Phi) is 5.05. The quantitative estimate of drug-likeness (QED) is 0.614. The van der Waals surface area contributed by atoms with Crippen molar-refractivity contribution in [1.29, 1.82) is 0 Å². The largest absolute Gasteiger partial charge is 0.385 e. The van der Waals surface area contributed by atoms with E-state index in [9.17, 15) is 17.6 Å². The molecule has 3 aromatic rings. The number of carbonyl (C=O) groups is 1. The molecule has 0 amide bonds. The van der Waals surface area contributed by atoms with Crippen molar-refractivity contribution in [2.24, 2.45) is 0 Å². The highest BCUT2D eigenvalue weighted by Gasteiger charge is 2.41. The molecule has 0 unspecified atom stereocenters. The highest BCUT2D eigenvalue weighted by atomic mass is 32.2. The molecule has 9 heteroatoms. The van der Waals surface area contributed by atoms with Crippen LogP contribution in [0.1, 0.15) is 20.1 Å². The van der Waals surface area contributed by atoms with Crippen molar-refractivity contribution < 1.29 is 17.6 Å². The van der Waals surface area contributed by atoms with Crippen molar-refractivity contribution in [3.63, 3.8) is 0 Å². The smallest absolute Gasteiger partial charge is 0.270 e. The normalized spacial score (nSPS) is 17.0. The molecule has 0 spiro atoms.